The van der Waals surface area contributed by atoms with Crippen molar-refractivity contribution in [2.45, 2.75) is 53.2 Å². The molecule has 0 unspecified atom stereocenters. The summed E-state index contributed by atoms with van der Waals surface area (Å²) in [7, 11) is 0. The maximum absolute atomic E-state index is 12.8. The molecule has 1 amide bonds. The van der Waals surface area contributed by atoms with E-state index in [0.717, 1.165) is 6.42 Å². The van der Waals surface area contributed by atoms with Gasteiger partial charge in [-0.1, -0.05) is 42.8 Å². The van der Waals surface area contributed by atoms with Gasteiger partial charge in [-0.25, -0.2) is 0 Å². The molecule has 0 heterocycles. The van der Waals surface area contributed by atoms with E-state index in [1.807, 2.05) is 38.1 Å². The zero-order valence-corrected chi connectivity index (χ0v) is 15.2. The van der Waals surface area contributed by atoms with Gasteiger partial charge in [-0.2, -0.15) is 0 Å². The van der Waals surface area contributed by atoms with Crippen LogP contribution in [-0.4, -0.2) is 12.0 Å². The molecule has 2 rings (SSSR count). The number of rotatable bonds is 6. The van der Waals surface area contributed by atoms with E-state index in [9.17, 15) is 4.79 Å². The summed E-state index contributed by atoms with van der Waals surface area (Å²) in [5.74, 6) is 0.526. The Labute approximate surface area is 145 Å². The first-order valence-corrected chi connectivity index (χ1v) is 8.56. The van der Waals surface area contributed by atoms with Gasteiger partial charge in [0, 0.05) is 0 Å². The van der Waals surface area contributed by atoms with Crippen LogP contribution in [0.2, 0.25) is 0 Å². The summed E-state index contributed by atoms with van der Waals surface area (Å²) >= 11 is 0. The fraction of sp³-hybridized carbons (Fsp3) is 0.381. The Morgan fingerprint density at radius 2 is 1.83 bits per heavy atom. The number of amides is 1. The van der Waals surface area contributed by atoms with Crippen molar-refractivity contribution >= 4 is 5.91 Å². The van der Waals surface area contributed by atoms with E-state index >= 15 is 0 Å². The zero-order chi connectivity index (χ0) is 17.7. The van der Waals surface area contributed by atoms with Crippen LogP contribution in [0.5, 0.6) is 5.75 Å². The highest BCUT2D eigenvalue weighted by Crippen LogP contribution is 2.24. The summed E-state index contributed by atoms with van der Waals surface area (Å²) in [6.07, 6.45) is 0.864. The zero-order valence-electron chi connectivity index (χ0n) is 15.2. The molecule has 0 saturated heterocycles. The van der Waals surface area contributed by atoms with Crippen molar-refractivity contribution in [1.29, 1.82) is 0 Å². The first-order valence-electron chi connectivity index (χ1n) is 8.56. The molecule has 0 saturated carbocycles. The Morgan fingerprint density at radius 1 is 1.12 bits per heavy atom. The highest BCUT2D eigenvalue weighted by atomic mass is 16.5. The van der Waals surface area contributed by atoms with Gasteiger partial charge in [-0.15, -0.1) is 0 Å². The molecule has 0 spiro atoms. The van der Waals surface area contributed by atoms with Gasteiger partial charge in [0.25, 0.3) is 5.91 Å². The van der Waals surface area contributed by atoms with Gasteiger partial charge < -0.3 is 10.1 Å². The summed E-state index contributed by atoms with van der Waals surface area (Å²) in [4.78, 5) is 12.8. The summed E-state index contributed by atoms with van der Waals surface area (Å²) in [6, 6.07) is 13.7. The van der Waals surface area contributed by atoms with Crippen LogP contribution in [0.1, 0.15) is 60.3 Å². The Kier molecular flexibility index (Phi) is 6.02. The molecule has 1 atom stereocenters. The van der Waals surface area contributed by atoms with Crippen molar-refractivity contribution < 1.29 is 9.53 Å². The molecular formula is C21H27NO2. The number of nitrogens with one attached hydrogen (secondary N) is 1. The number of carbonyl (C=O) groups excluding carboxylic acids is 1. The van der Waals surface area contributed by atoms with Gasteiger partial charge in [-0.3, -0.25) is 4.79 Å². The van der Waals surface area contributed by atoms with Crippen molar-refractivity contribution in [3.63, 3.8) is 0 Å². The van der Waals surface area contributed by atoms with Crippen molar-refractivity contribution in [1.82, 2.24) is 5.32 Å². The highest BCUT2D eigenvalue weighted by Gasteiger charge is 2.19. The van der Waals surface area contributed by atoms with Crippen LogP contribution in [-0.2, 0) is 0 Å². The predicted molar refractivity (Wildman–Crippen MR) is 98.6 cm³/mol. The molecule has 3 nitrogen and oxygen atoms in total. The second-order valence-electron chi connectivity index (χ2n) is 6.46. The number of aryl methyl sites for hydroxylation is 2. The Morgan fingerprint density at radius 3 is 2.46 bits per heavy atom. The summed E-state index contributed by atoms with van der Waals surface area (Å²) in [5, 5.41) is 3.15. The van der Waals surface area contributed by atoms with Gasteiger partial charge in [0.1, 0.15) is 5.75 Å². The van der Waals surface area contributed by atoms with Crippen LogP contribution < -0.4 is 10.1 Å². The molecule has 0 aliphatic carbocycles. The first kappa shape index (κ1) is 18.1. The smallest absolute Gasteiger partial charge is 0.255 e. The molecule has 0 fully saturated rings. The monoisotopic (exact) mass is 325 g/mol. The second kappa shape index (κ2) is 8.00. The van der Waals surface area contributed by atoms with E-state index in [4.69, 9.17) is 4.74 Å². The largest absolute Gasteiger partial charge is 0.490 e. The third-order valence-corrected chi connectivity index (χ3v) is 4.01. The molecule has 3 heteroatoms. The van der Waals surface area contributed by atoms with Gasteiger partial charge in [0.15, 0.2) is 0 Å². The molecule has 0 radical (unpaired) electrons. The molecule has 0 aliphatic heterocycles. The van der Waals surface area contributed by atoms with Crippen LogP contribution in [0, 0.1) is 13.8 Å². The standard InChI is InChI=1S/C21H27NO2/c1-6-19(17-12-11-15(4)13-16(17)5)22-21(23)18-9-7-8-10-20(18)24-14(2)3/h7-14,19H,6H2,1-5H3,(H,22,23)/t19-/m1/s1. The SMILES string of the molecule is CC[C@@H](NC(=O)c1ccccc1OC(C)C)c1ccc(C)cc1C. The summed E-state index contributed by atoms with van der Waals surface area (Å²) in [6.45, 7) is 10.2. The lowest BCUT2D eigenvalue weighted by Crippen LogP contribution is -2.29. The normalized spacial score (nSPS) is 12.1. The third kappa shape index (κ3) is 4.38. The molecule has 128 valence electrons. The average Bonchev–Trinajstić information content (AvgIpc) is 2.53. The number of benzene rings is 2. The maximum Gasteiger partial charge on any atom is 0.255 e. The van der Waals surface area contributed by atoms with Crippen LogP contribution in [0.3, 0.4) is 0 Å². The molecular weight excluding hydrogens is 298 g/mol. The number of hydrogen-bond donors (Lipinski definition) is 1. The Bertz CT molecular complexity index is 707. The van der Waals surface area contributed by atoms with Gasteiger partial charge in [0.05, 0.1) is 17.7 Å². The topological polar surface area (TPSA) is 38.3 Å². The van der Waals surface area contributed by atoms with Crippen LogP contribution in [0.15, 0.2) is 42.5 Å². The Balaban J connectivity index is 2.24. The van der Waals surface area contributed by atoms with Crippen molar-refractivity contribution in [2.75, 3.05) is 0 Å². The van der Waals surface area contributed by atoms with E-state index in [1.165, 1.54) is 16.7 Å². The van der Waals surface area contributed by atoms with Crippen LogP contribution in [0.4, 0.5) is 0 Å². The quantitative estimate of drug-likeness (QED) is 0.814. The molecule has 0 bridgehead atoms. The lowest BCUT2D eigenvalue weighted by Gasteiger charge is -2.21. The van der Waals surface area contributed by atoms with Crippen molar-refractivity contribution in [2.24, 2.45) is 0 Å². The number of para-hydroxylation sites is 1. The number of ether oxygens (including phenoxy) is 1. The minimum atomic E-state index is -0.0990. The lowest BCUT2D eigenvalue weighted by molar-refractivity contribution is 0.0929. The molecule has 0 aromatic heterocycles. The van der Waals surface area contributed by atoms with Crippen LogP contribution in [0.25, 0.3) is 0 Å². The van der Waals surface area contributed by atoms with Gasteiger partial charge >= 0.3 is 0 Å². The fourth-order valence-electron chi connectivity index (χ4n) is 2.86. The maximum atomic E-state index is 12.8. The molecule has 1 N–H and O–H groups in total. The predicted octanol–water partition coefficient (Wildman–Crippen LogP) is 4.97. The number of carbonyl (C=O) groups is 1. The first-order chi connectivity index (χ1) is 11.4. The van der Waals surface area contributed by atoms with Gasteiger partial charge in [-0.05, 0) is 57.4 Å². The summed E-state index contributed by atoms with van der Waals surface area (Å²) in [5.41, 5.74) is 4.18. The highest BCUT2D eigenvalue weighted by molar-refractivity contribution is 5.97. The average molecular weight is 325 g/mol. The van der Waals surface area contributed by atoms with E-state index in [-0.39, 0.29) is 18.1 Å². The molecule has 0 aliphatic rings. The van der Waals surface area contributed by atoms with Crippen molar-refractivity contribution in [3.05, 3.63) is 64.7 Å². The van der Waals surface area contributed by atoms with E-state index in [1.54, 1.807) is 0 Å². The van der Waals surface area contributed by atoms with E-state index in [0.29, 0.717) is 11.3 Å². The molecule has 2 aromatic rings. The minimum absolute atomic E-state index is 0.00907. The second-order valence-corrected chi connectivity index (χ2v) is 6.46. The summed E-state index contributed by atoms with van der Waals surface area (Å²) < 4.78 is 5.77. The van der Waals surface area contributed by atoms with Crippen LogP contribution >= 0.6 is 0 Å². The van der Waals surface area contributed by atoms with E-state index < -0.39 is 0 Å². The third-order valence-electron chi connectivity index (χ3n) is 4.01. The van der Waals surface area contributed by atoms with Crippen molar-refractivity contribution in [3.8, 4) is 5.75 Å². The minimum Gasteiger partial charge on any atom is -0.490 e. The fourth-order valence-corrected chi connectivity index (χ4v) is 2.86. The Hall–Kier alpha value is -2.29. The van der Waals surface area contributed by atoms with Gasteiger partial charge in [0.2, 0.25) is 0 Å². The number of hydrogen-bond acceptors (Lipinski definition) is 2. The molecule has 2 aromatic carbocycles. The molecule has 24 heavy (non-hydrogen) atoms. The lowest BCUT2D eigenvalue weighted by atomic mass is 9.97. The van der Waals surface area contributed by atoms with E-state index in [2.05, 4.69) is 44.3 Å².